The van der Waals surface area contributed by atoms with E-state index < -0.39 is 6.04 Å². The van der Waals surface area contributed by atoms with Gasteiger partial charge in [-0.05, 0) is 41.3 Å². The molecular weight excluding hydrogens is 479 g/mol. The van der Waals surface area contributed by atoms with Crippen molar-refractivity contribution in [2.75, 3.05) is 6.79 Å². The van der Waals surface area contributed by atoms with Crippen LogP contribution >= 0.6 is 11.8 Å². The zero-order chi connectivity index (χ0) is 24.9. The third kappa shape index (κ3) is 5.52. The van der Waals surface area contributed by atoms with Crippen molar-refractivity contribution in [1.82, 2.24) is 20.1 Å². The van der Waals surface area contributed by atoms with Crippen LogP contribution in [0.4, 0.5) is 4.39 Å². The molecule has 1 aliphatic heterocycles. The Bertz CT molecular complexity index is 1360. The van der Waals surface area contributed by atoms with Gasteiger partial charge in [0.05, 0.1) is 12.5 Å². The number of aromatic nitrogens is 3. The lowest BCUT2D eigenvalue weighted by molar-refractivity contribution is -0.121. The van der Waals surface area contributed by atoms with Crippen molar-refractivity contribution in [3.8, 4) is 11.5 Å². The van der Waals surface area contributed by atoms with Crippen LogP contribution in [0, 0.1) is 5.82 Å². The summed E-state index contributed by atoms with van der Waals surface area (Å²) >= 11 is 1.40. The Morgan fingerprint density at radius 3 is 2.64 bits per heavy atom. The maximum absolute atomic E-state index is 14.0. The van der Waals surface area contributed by atoms with Gasteiger partial charge in [-0.15, -0.1) is 10.2 Å². The van der Waals surface area contributed by atoms with Crippen LogP contribution in [0.15, 0.2) is 78.0 Å². The number of hydrogen-bond donors (Lipinski definition) is 1. The summed E-state index contributed by atoms with van der Waals surface area (Å²) in [6.45, 7) is 0.188. The fraction of sp³-hybridized carbons (Fsp3) is 0.222. The molecule has 0 spiro atoms. The van der Waals surface area contributed by atoms with E-state index in [0.717, 1.165) is 11.1 Å². The Balaban J connectivity index is 1.33. The molecule has 1 aromatic heterocycles. The number of carbonyl (C=O) groups excluding carboxylic acids is 1. The molecule has 184 valence electrons. The molecule has 0 aliphatic carbocycles. The number of hydrogen-bond acceptors (Lipinski definition) is 6. The van der Waals surface area contributed by atoms with Gasteiger partial charge in [0.2, 0.25) is 12.7 Å². The van der Waals surface area contributed by atoms with Crippen LogP contribution in [0.2, 0.25) is 0 Å². The second-order valence-corrected chi connectivity index (χ2v) is 9.40. The van der Waals surface area contributed by atoms with E-state index >= 15 is 0 Å². The Morgan fingerprint density at radius 2 is 1.81 bits per heavy atom. The fourth-order valence-corrected chi connectivity index (χ4v) is 4.96. The molecule has 7 nitrogen and oxygen atoms in total. The third-order valence-corrected chi connectivity index (χ3v) is 6.98. The predicted octanol–water partition coefficient (Wildman–Crippen LogP) is 4.62. The lowest BCUT2D eigenvalue weighted by Crippen LogP contribution is -2.33. The number of halogens is 1. The highest BCUT2D eigenvalue weighted by Gasteiger charge is 2.23. The molecule has 0 saturated heterocycles. The van der Waals surface area contributed by atoms with E-state index in [1.54, 1.807) is 12.1 Å². The van der Waals surface area contributed by atoms with Gasteiger partial charge in [0, 0.05) is 12.8 Å². The Hall–Kier alpha value is -3.85. The van der Waals surface area contributed by atoms with Crippen molar-refractivity contribution in [3.63, 3.8) is 0 Å². The molecule has 3 aromatic carbocycles. The fourth-order valence-electron chi connectivity index (χ4n) is 4.05. The van der Waals surface area contributed by atoms with E-state index in [1.807, 2.05) is 66.2 Å². The number of benzene rings is 3. The van der Waals surface area contributed by atoms with E-state index in [2.05, 4.69) is 15.5 Å². The van der Waals surface area contributed by atoms with Crippen LogP contribution < -0.4 is 14.8 Å². The van der Waals surface area contributed by atoms with Crippen molar-refractivity contribution < 1.29 is 18.7 Å². The monoisotopic (exact) mass is 504 g/mol. The molecule has 9 heteroatoms. The quantitative estimate of drug-likeness (QED) is 0.335. The molecule has 1 atom stereocenters. The molecule has 1 unspecified atom stereocenters. The van der Waals surface area contributed by atoms with E-state index in [-0.39, 0.29) is 24.9 Å². The lowest BCUT2D eigenvalue weighted by atomic mass is 10.0. The first-order valence-corrected chi connectivity index (χ1v) is 12.5. The second kappa shape index (κ2) is 10.8. The first kappa shape index (κ1) is 23.9. The van der Waals surface area contributed by atoms with Gasteiger partial charge in [0.15, 0.2) is 22.5 Å². The van der Waals surface area contributed by atoms with Gasteiger partial charge < -0.3 is 19.4 Å². The van der Waals surface area contributed by atoms with Crippen LogP contribution in [-0.4, -0.2) is 27.5 Å². The predicted molar refractivity (Wildman–Crippen MR) is 134 cm³/mol. The van der Waals surface area contributed by atoms with Crippen LogP contribution in [-0.2, 0) is 30.4 Å². The first-order chi connectivity index (χ1) is 17.6. The SMILES string of the molecule is Cn1c(SCc2ccccc2F)nnc1C(Cc1ccccc1)NC(=O)Cc1ccc2c(c1)OCO2. The Labute approximate surface area is 212 Å². The number of fused-ring (bicyclic) bond motifs is 1. The van der Waals surface area contributed by atoms with Crippen molar-refractivity contribution in [3.05, 3.63) is 101 Å². The third-order valence-electron chi connectivity index (χ3n) is 5.91. The molecule has 36 heavy (non-hydrogen) atoms. The number of thioether (sulfide) groups is 1. The van der Waals surface area contributed by atoms with Crippen molar-refractivity contribution in [2.45, 2.75) is 29.8 Å². The highest BCUT2D eigenvalue weighted by molar-refractivity contribution is 7.98. The highest BCUT2D eigenvalue weighted by Crippen LogP contribution is 2.32. The molecule has 0 radical (unpaired) electrons. The van der Waals surface area contributed by atoms with E-state index in [4.69, 9.17) is 9.47 Å². The first-order valence-electron chi connectivity index (χ1n) is 11.5. The maximum Gasteiger partial charge on any atom is 0.231 e. The van der Waals surface area contributed by atoms with Gasteiger partial charge in [0.1, 0.15) is 5.82 Å². The summed E-state index contributed by atoms with van der Waals surface area (Å²) in [4.78, 5) is 13.1. The Morgan fingerprint density at radius 1 is 1.03 bits per heavy atom. The van der Waals surface area contributed by atoms with Crippen LogP contribution in [0.1, 0.15) is 28.6 Å². The number of nitrogens with zero attached hydrogens (tertiary/aromatic N) is 3. The standard InChI is InChI=1S/C27H25FN4O3S/c1-32-26(30-31-27(32)36-16-20-9-5-6-10-21(20)28)22(13-18-7-3-2-4-8-18)29-25(33)15-19-11-12-23-24(14-19)35-17-34-23/h2-12,14,22H,13,15-17H2,1H3,(H,29,33). The van der Waals surface area contributed by atoms with Gasteiger partial charge in [-0.25, -0.2) is 4.39 Å². The summed E-state index contributed by atoms with van der Waals surface area (Å²) in [7, 11) is 1.86. The van der Waals surface area contributed by atoms with Crippen molar-refractivity contribution in [1.29, 1.82) is 0 Å². The summed E-state index contributed by atoms with van der Waals surface area (Å²) in [6.07, 6.45) is 0.742. The number of nitrogens with one attached hydrogen (secondary N) is 1. The average molecular weight is 505 g/mol. The summed E-state index contributed by atoms with van der Waals surface area (Å²) in [5.74, 6) is 2.00. The van der Waals surface area contributed by atoms with Gasteiger partial charge in [-0.1, -0.05) is 66.4 Å². The molecular formula is C27H25FN4O3S. The number of amides is 1. The van der Waals surface area contributed by atoms with E-state index in [9.17, 15) is 9.18 Å². The van der Waals surface area contributed by atoms with Gasteiger partial charge in [-0.2, -0.15) is 0 Å². The van der Waals surface area contributed by atoms with Crippen LogP contribution in [0.25, 0.3) is 0 Å². The number of carbonyl (C=O) groups is 1. The lowest BCUT2D eigenvalue weighted by Gasteiger charge is -2.19. The summed E-state index contributed by atoms with van der Waals surface area (Å²) in [5.41, 5.74) is 2.49. The number of rotatable bonds is 9. The zero-order valence-corrected chi connectivity index (χ0v) is 20.5. The molecule has 0 saturated carbocycles. The zero-order valence-electron chi connectivity index (χ0n) is 19.7. The second-order valence-electron chi connectivity index (χ2n) is 8.45. The molecule has 1 amide bonds. The summed E-state index contributed by atoms with van der Waals surface area (Å²) in [6, 6.07) is 21.7. The minimum Gasteiger partial charge on any atom is -0.454 e. The highest BCUT2D eigenvalue weighted by atomic mass is 32.2. The maximum atomic E-state index is 14.0. The summed E-state index contributed by atoms with van der Waals surface area (Å²) < 4.78 is 26.7. The minimum atomic E-state index is -0.394. The Kier molecular flexibility index (Phi) is 7.18. The van der Waals surface area contributed by atoms with Crippen LogP contribution in [0.5, 0.6) is 11.5 Å². The topological polar surface area (TPSA) is 78.3 Å². The molecule has 2 heterocycles. The van der Waals surface area contributed by atoms with E-state index in [1.165, 1.54) is 17.8 Å². The van der Waals surface area contributed by atoms with Crippen molar-refractivity contribution >= 4 is 17.7 Å². The van der Waals surface area contributed by atoms with E-state index in [0.29, 0.717) is 40.2 Å². The summed E-state index contributed by atoms with van der Waals surface area (Å²) in [5, 5.41) is 12.5. The van der Waals surface area contributed by atoms with Gasteiger partial charge in [0.25, 0.3) is 0 Å². The molecule has 0 fully saturated rings. The molecule has 5 rings (SSSR count). The molecule has 0 bridgehead atoms. The van der Waals surface area contributed by atoms with Gasteiger partial charge in [-0.3, -0.25) is 4.79 Å². The van der Waals surface area contributed by atoms with Crippen molar-refractivity contribution in [2.24, 2.45) is 7.05 Å². The average Bonchev–Trinajstić information content (AvgIpc) is 3.50. The minimum absolute atomic E-state index is 0.140. The normalized spacial score (nSPS) is 12.9. The van der Waals surface area contributed by atoms with Gasteiger partial charge >= 0.3 is 0 Å². The van der Waals surface area contributed by atoms with Crippen LogP contribution in [0.3, 0.4) is 0 Å². The number of ether oxygens (including phenoxy) is 2. The molecule has 1 aliphatic rings. The molecule has 4 aromatic rings. The smallest absolute Gasteiger partial charge is 0.231 e. The molecule has 1 N–H and O–H groups in total. The largest absolute Gasteiger partial charge is 0.454 e.